The summed E-state index contributed by atoms with van der Waals surface area (Å²) in [5, 5.41) is 9.13. The van der Waals surface area contributed by atoms with Crippen LogP contribution in [0.2, 0.25) is 0 Å². The van der Waals surface area contributed by atoms with Crippen molar-refractivity contribution in [2.45, 2.75) is 45.1 Å². The van der Waals surface area contributed by atoms with Gasteiger partial charge < -0.3 is 19.3 Å². The molecule has 0 aromatic heterocycles. The number of hydrogen-bond donors (Lipinski definition) is 1. The fourth-order valence-corrected chi connectivity index (χ4v) is 6.03. The number of aliphatic carboxylic acids is 1. The Morgan fingerprint density at radius 2 is 1.85 bits per heavy atom. The van der Waals surface area contributed by atoms with E-state index in [2.05, 4.69) is 0 Å². The van der Waals surface area contributed by atoms with E-state index in [1.165, 1.54) is 12.3 Å². The molecule has 3 aromatic carbocycles. The first-order valence-corrected chi connectivity index (χ1v) is 14.9. The predicted molar refractivity (Wildman–Crippen MR) is 145 cm³/mol. The Morgan fingerprint density at radius 3 is 2.54 bits per heavy atom. The molecule has 0 saturated heterocycles. The standard InChI is InChI=1S/C30H31FO7S/c1-17-12-21(36-10-11-39(3,34)35)13-18(2)29(17)23-6-8-25(31)30-24(23)7-9-26(30)38-20-4-5-22-19(14-28(32)33)16-37-27(22)15-20/h4-6,8,12-13,15,19,26H,7,9-11,14,16H2,1-3H3,(H,32,33)/t19?,26-/m1/s1. The number of hydrogen-bond acceptors (Lipinski definition) is 6. The molecule has 0 amide bonds. The summed E-state index contributed by atoms with van der Waals surface area (Å²) in [5.74, 6) is 0.324. The van der Waals surface area contributed by atoms with E-state index < -0.39 is 21.9 Å². The van der Waals surface area contributed by atoms with Crippen molar-refractivity contribution in [1.82, 2.24) is 0 Å². The van der Waals surface area contributed by atoms with Crippen LogP contribution in [0.25, 0.3) is 11.1 Å². The molecule has 3 aromatic rings. The summed E-state index contributed by atoms with van der Waals surface area (Å²) in [6.07, 6.45) is 1.99. The number of halogens is 1. The van der Waals surface area contributed by atoms with E-state index in [0.29, 0.717) is 42.3 Å². The molecule has 0 radical (unpaired) electrons. The third kappa shape index (κ3) is 5.73. The number of carboxylic acids is 1. The number of aryl methyl sites for hydroxylation is 2. The molecule has 2 aliphatic rings. The highest BCUT2D eigenvalue weighted by Crippen LogP contribution is 2.45. The average Bonchev–Trinajstić information content (AvgIpc) is 3.44. The van der Waals surface area contributed by atoms with Crippen molar-refractivity contribution >= 4 is 15.8 Å². The number of sulfone groups is 1. The zero-order valence-corrected chi connectivity index (χ0v) is 22.9. The minimum absolute atomic E-state index is 0.00375. The zero-order chi connectivity index (χ0) is 27.9. The first-order chi connectivity index (χ1) is 18.5. The molecule has 206 valence electrons. The lowest BCUT2D eigenvalue weighted by atomic mass is 9.90. The number of carboxylic acid groups (broad SMARTS) is 1. The lowest BCUT2D eigenvalue weighted by Gasteiger charge is -2.19. The SMILES string of the molecule is Cc1cc(OCCS(C)(=O)=O)cc(C)c1-c1ccc(F)c2c1CC[C@H]2Oc1ccc2c(c1)OCC2CC(=O)O. The number of carbonyl (C=O) groups is 1. The molecule has 0 saturated carbocycles. The summed E-state index contributed by atoms with van der Waals surface area (Å²) in [4.78, 5) is 11.1. The van der Waals surface area contributed by atoms with Crippen LogP contribution in [0.4, 0.5) is 4.39 Å². The minimum Gasteiger partial charge on any atom is -0.493 e. The first kappa shape index (κ1) is 27.0. The van der Waals surface area contributed by atoms with Gasteiger partial charge in [0.05, 0.1) is 18.8 Å². The van der Waals surface area contributed by atoms with Gasteiger partial charge in [-0.2, -0.15) is 0 Å². The number of rotatable bonds is 9. The summed E-state index contributed by atoms with van der Waals surface area (Å²) < 4.78 is 55.7. The molecule has 0 bridgehead atoms. The van der Waals surface area contributed by atoms with Crippen LogP contribution < -0.4 is 14.2 Å². The third-order valence-electron chi connectivity index (χ3n) is 7.35. The summed E-state index contributed by atoms with van der Waals surface area (Å²) in [6, 6.07) is 12.4. The van der Waals surface area contributed by atoms with Gasteiger partial charge in [-0.05, 0) is 78.8 Å². The molecule has 1 unspecified atom stereocenters. The van der Waals surface area contributed by atoms with Crippen molar-refractivity contribution in [3.63, 3.8) is 0 Å². The van der Waals surface area contributed by atoms with E-state index in [0.717, 1.165) is 33.4 Å². The summed E-state index contributed by atoms with van der Waals surface area (Å²) in [5.41, 5.74) is 6.16. The van der Waals surface area contributed by atoms with E-state index in [1.807, 2.05) is 38.1 Å². The van der Waals surface area contributed by atoms with Crippen LogP contribution in [0.5, 0.6) is 17.2 Å². The molecule has 0 fully saturated rings. The van der Waals surface area contributed by atoms with Crippen molar-refractivity contribution in [2.24, 2.45) is 0 Å². The van der Waals surface area contributed by atoms with Crippen LogP contribution in [0.3, 0.4) is 0 Å². The van der Waals surface area contributed by atoms with Gasteiger partial charge in [0.2, 0.25) is 0 Å². The van der Waals surface area contributed by atoms with E-state index in [4.69, 9.17) is 19.3 Å². The smallest absolute Gasteiger partial charge is 0.304 e. The maximum absolute atomic E-state index is 15.2. The topological polar surface area (TPSA) is 99.1 Å². The Balaban J connectivity index is 1.39. The van der Waals surface area contributed by atoms with Crippen LogP contribution in [-0.4, -0.2) is 44.7 Å². The first-order valence-electron chi connectivity index (χ1n) is 12.9. The Morgan fingerprint density at radius 1 is 1.10 bits per heavy atom. The molecule has 1 aliphatic carbocycles. The number of benzene rings is 3. The van der Waals surface area contributed by atoms with Gasteiger partial charge >= 0.3 is 5.97 Å². The van der Waals surface area contributed by atoms with E-state index in [-0.39, 0.29) is 30.5 Å². The Kier molecular flexibility index (Phi) is 7.29. The molecule has 1 aliphatic heterocycles. The van der Waals surface area contributed by atoms with Crippen molar-refractivity contribution < 1.29 is 36.9 Å². The van der Waals surface area contributed by atoms with Gasteiger partial charge in [-0.1, -0.05) is 12.1 Å². The van der Waals surface area contributed by atoms with Gasteiger partial charge in [0.25, 0.3) is 0 Å². The Labute approximate surface area is 227 Å². The van der Waals surface area contributed by atoms with Gasteiger partial charge in [-0.25, -0.2) is 12.8 Å². The Hall–Kier alpha value is -3.59. The van der Waals surface area contributed by atoms with Crippen molar-refractivity contribution in [2.75, 3.05) is 25.2 Å². The summed E-state index contributed by atoms with van der Waals surface area (Å²) in [6.45, 7) is 4.32. The van der Waals surface area contributed by atoms with Crippen LogP contribution in [0.15, 0.2) is 42.5 Å². The molecular formula is C30H31FO7S. The summed E-state index contributed by atoms with van der Waals surface area (Å²) in [7, 11) is -3.12. The zero-order valence-electron chi connectivity index (χ0n) is 22.1. The second-order valence-corrected chi connectivity index (χ2v) is 12.6. The largest absolute Gasteiger partial charge is 0.493 e. The molecule has 39 heavy (non-hydrogen) atoms. The lowest BCUT2D eigenvalue weighted by Crippen LogP contribution is -2.12. The van der Waals surface area contributed by atoms with Gasteiger partial charge in [-0.15, -0.1) is 0 Å². The van der Waals surface area contributed by atoms with Gasteiger partial charge in [-0.3, -0.25) is 4.79 Å². The van der Waals surface area contributed by atoms with Crippen LogP contribution in [0, 0.1) is 19.7 Å². The Bertz CT molecular complexity index is 1520. The number of fused-ring (bicyclic) bond motifs is 2. The highest BCUT2D eigenvalue weighted by Gasteiger charge is 2.32. The highest BCUT2D eigenvalue weighted by atomic mass is 32.2. The normalized spacial score (nSPS) is 17.8. The van der Waals surface area contributed by atoms with Crippen LogP contribution >= 0.6 is 0 Å². The maximum Gasteiger partial charge on any atom is 0.304 e. The molecule has 2 atom stereocenters. The molecule has 5 rings (SSSR count). The highest BCUT2D eigenvalue weighted by molar-refractivity contribution is 7.90. The molecule has 1 heterocycles. The van der Waals surface area contributed by atoms with Crippen LogP contribution in [-0.2, 0) is 21.1 Å². The molecule has 1 N–H and O–H groups in total. The minimum atomic E-state index is -3.12. The fourth-order valence-electron chi connectivity index (χ4n) is 5.64. The summed E-state index contributed by atoms with van der Waals surface area (Å²) >= 11 is 0. The van der Waals surface area contributed by atoms with Gasteiger partial charge in [0, 0.05) is 29.4 Å². The van der Waals surface area contributed by atoms with Gasteiger partial charge in [0.15, 0.2) is 9.84 Å². The van der Waals surface area contributed by atoms with Crippen molar-refractivity contribution in [1.29, 1.82) is 0 Å². The fraction of sp³-hybridized carbons (Fsp3) is 0.367. The lowest BCUT2D eigenvalue weighted by molar-refractivity contribution is -0.137. The maximum atomic E-state index is 15.2. The monoisotopic (exact) mass is 554 g/mol. The number of ether oxygens (including phenoxy) is 3. The van der Waals surface area contributed by atoms with Gasteiger partial charge in [0.1, 0.15) is 35.8 Å². The quantitative estimate of drug-likeness (QED) is 0.370. The molecule has 0 spiro atoms. The second kappa shape index (κ2) is 10.5. The predicted octanol–water partition coefficient (Wildman–Crippen LogP) is 5.55. The van der Waals surface area contributed by atoms with Crippen molar-refractivity contribution in [3.05, 3.63) is 76.1 Å². The molecule has 9 heteroatoms. The molecular weight excluding hydrogens is 523 g/mol. The van der Waals surface area contributed by atoms with E-state index in [1.54, 1.807) is 12.1 Å². The second-order valence-electron chi connectivity index (χ2n) is 10.3. The van der Waals surface area contributed by atoms with E-state index >= 15 is 4.39 Å². The average molecular weight is 555 g/mol. The van der Waals surface area contributed by atoms with E-state index in [9.17, 15) is 13.2 Å². The third-order valence-corrected chi connectivity index (χ3v) is 8.25. The van der Waals surface area contributed by atoms with Crippen LogP contribution in [0.1, 0.15) is 52.7 Å². The van der Waals surface area contributed by atoms with Crippen molar-refractivity contribution in [3.8, 4) is 28.4 Å². The molecule has 7 nitrogen and oxygen atoms in total.